The van der Waals surface area contributed by atoms with Gasteiger partial charge in [-0.3, -0.25) is 9.59 Å². The van der Waals surface area contributed by atoms with Crippen LogP contribution in [0.15, 0.2) is 59.4 Å². The molecule has 1 aromatic heterocycles. The maximum absolute atomic E-state index is 12.5. The van der Waals surface area contributed by atoms with Crippen molar-refractivity contribution in [2.45, 2.75) is 25.9 Å². The van der Waals surface area contributed by atoms with E-state index < -0.39 is 0 Å². The van der Waals surface area contributed by atoms with Crippen molar-refractivity contribution in [2.75, 3.05) is 13.1 Å². The number of hydrogen-bond donors (Lipinski definition) is 0. The van der Waals surface area contributed by atoms with Crippen molar-refractivity contribution in [3.8, 4) is 5.75 Å². The summed E-state index contributed by atoms with van der Waals surface area (Å²) in [6.07, 6.45) is 1.18. The molecular weight excluding hydrogens is 352 g/mol. The third kappa shape index (κ3) is 3.65. The predicted molar refractivity (Wildman–Crippen MR) is 110 cm³/mol. The zero-order valence-corrected chi connectivity index (χ0v) is 16.2. The minimum absolute atomic E-state index is 0.0481. The molecule has 2 heterocycles. The molecule has 4 rings (SSSR count). The first-order chi connectivity index (χ1) is 13.5. The lowest BCUT2D eigenvalue weighted by Crippen LogP contribution is -2.56. The van der Waals surface area contributed by atoms with Crippen LogP contribution in [0, 0.1) is 6.92 Å². The highest BCUT2D eigenvalue weighted by molar-refractivity contribution is 5.86. The molecule has 0 unspecified atom stereocenters. The second-order valence-corrected chi connectivity index (χ2v) is 7.41. The second kappa shape index (κ2) is 7.50. The van der Waals surface area contributed by atoms with Crippen LogP contribution in [0.2, 0.25) is 0 Å². The fourth-order valence-electron chi connectivity index (χ4n) is 3.62. The number of ether oxygens (including phenoxy) is 1. The zero-order valence-electron chi connectivity index (χ0n) is 16.2. The highest BCUT2D eigenvalue weighted by Crippen LogP contribution is 2.22. The fraction of sp³-hybridized carbons (Fsp3) is 0.304. The summed E-state index contributed by atoms with van der Waals surface area (Å²) < 4.78 is 7.44. The van der Waals surface area contributed by atoms with E-state index in [1.165, 1.54) is 22.4 Å². The zero-order chi connectivity index (χ0) is 19.7. The van der Waals surface area contributed by atoms with Crippen molar-refractivity contribution in [1.82, 2.24) is 9.47 Å². The van der Waals surface area contributed by atoms with Crippen molar-refractivity contribution >= 4 is 16.7 Å². The number of nitrogens with zero attached hydrogens (tertiary/aromatic N) is 2. The van der Waals surface area contributed by atoms with Crippen LogP contribution in [-0.2, 0) is 18.3 Å². The number of hydrogen-bond acceptors (Lipinski definition) is 3. The van der Waals surface area contributed by atoms with Gasteiger partial charge in [-0.15, -0.1) is 0 Å². The van der Waals surface area contributed by atoms with Crippen LogP contribution in [0.3, 0.4) is 0 Å². The quantitative estimate of drug-likeness (QED) is 0.688. The Hall–Kier alpha value is -3.08. The molecule has 3 aromatic rings. The molecule has 0 saturated carbocycles. The maximum atomic E-state index is 12.5. The van der Waals surface area contributed by atoms with Crippen LogP contribution in [0.25, 0.3) is 10.8 Å². The van der Waals surface area contributed by atoms with E-state index in [0.717, 1.165) is 12.1 Å². The summed E-state index contributed by atoms with van der Waals surface area (Å²) in [6.45, 7) is 3.02. The largest absolute Gasteiger partial charge is 0.486 e. The van der Waals surface area contributed by atoms with Crippen LogP contribution >= 0.6 is 0 Å². The molecule has 5 heteroatoms. The first kappa shape index (κ1) is 18.3. The van der Waals surface area contributed by atoms with Crippen molar-refractivity contribution in [1.29, 1.82) is 0 Å². The summed E-state index contributed by atoms with van der Waals surface area (Å²) in [7, 11) is 1.74. The monoisotopic (exact) mass is 376 g/mol. The third-order valence-corrected chi connectivity index (χ3v) is 5.47. The van der Waals surface area contributed by atoms with Crippen molar-refractivity contribution in [3.63, 3.8) is 0 Å². The summed E-state index contributed by atoms with van der Waals surface area (Å²) in [6, 6.07) is 17.8. The molecule has 1 saturated heterocycles. The van der Waals surface area contributed by atoms with E-state index in [2.05, 4.69) is 24.3 Å². The van der Waals surface area contributed by atoms with Gasteiger partial charge in [0, 0.05) is 25.2 Å². The summed E-state index contributed by atoms with van der Waals surface area (Å²) in [5.74, 6) is 0.724. The molecule has 0 atom stereocenters. The van der Waals surface area contributed by atoms with E-state index in [4.69, 9.17) is 4.74 Å². The van der Waals surface area contributed by atoms with Gasteiger partial charge in [-0.1, -0.05) is 42.5 Å². The Balaban J connectivity index is 1.31. The summed E-state index contributed by atoms with van der Waals surface area (Å²) in [4.78, 5) is 26.2. The Morgan fingerprint density at radius 2 is 1.86 bits per heavy atom. The van der Waals surface area contributed by atoms with Gasteiger partial charge in [-0.2, -0.15) is 0 Å². The SMILES string of the molecule is Cc1cc(OC2CN(C(=O)CCc3cccc4ccccc34)C2)cc(=O)n1C. The number of rotatable bonds is 5. The topological polar surface area (TPSA) is 51.5 Å². The molecule has 1 amide bonds. The molecule has 28 heavy (non-hydrogen) atoms. The van der Waals surface area contributed by atoms with Crippen LogP contribution in [0.1, 0.15) is 17.7 Å². The van der Waals surface area contributed by atoms with Crippen molar-refractivity contribution in [3.05, 3.63) is 76.2 Å². The average Bonchev–Trinajstić information content (AvgIpc) is 2.66. The molecule has 0 aliphatic carbocycles. The Bertz CT molecular complexity index is 1080. The average molecular weight is 376 g/mol. The molecule has 1 aliphatic rings. The first-order valence-corrected chi connectivity index (χ1v) is 9.60. The Labute approximate surface area is 164 Å². The van der Waals surface area contributed by atoms with Gasteiger partial charge >= 0.3 is 0 Å². The number of fused-ring (bicyclic) bond motifs is 1. The summed E-state index contributed by atoms with van der Waals surface area (Å²) in [5.41, 5.74) is 1.97. The molecule has 1 aliphatic heterocycles. The van der Waals surface area contributed by atoms with E-state index >= 15 is 0 Å². The van der Waals surface area contributed by atoms with Gasteiger partial charge < -0.3 is 14.2 Å². The summed E-state index contributed by atoms with van der Waals surface area (Å²) >= 11 is 0. The van der Waals surface area contributed by atoms with Gasteiger partial charge in [-0.05, 0) is 35.7 Å². The predicted octanol–water partition coefficient (Wildman–Crippen LogP) is 3.07. The number of amides is 1. The maximum Gasteiger partial charge on any atom is 0.254 e. The molecule has 144 valence electrons. The number of aryl methyl sites for hydroxylation is 2. The van der Waals surface area contributed by atoms with E-state index in [-0.39, 0.29) is 17.6 Å². The molecule has 5 nitrogen and oxygen atoms in total. The molecule has 0 radical (unpaired) electrons. The normalized spacial score (nSPS) is 14.1. The molecule has 0 spiro atoms. The van der Waals surface area contributed by atoms with Crippen LogP contribution in [-0.4, -0.2) is 34.6 Å². The van der Waals surface area contributed by atoms with Crippen LogP contribution in [0.4, 0.5) is 0 Å². The lowest BCUT2D eigenvalue weighted by atomic mass is 10.00. The number of aromatic nitrogens is 1. The van der Waals surface area contributed by atoms with E-state index in [1.54, 1.807) is 11.6 Å². The van der Waals surface area contributed by atoms with Gasteiger partial charge in [0.15, 0.2) is 0 Å². The number of pyridine rings is 1. The highest BCUT2D eigenvalue weighted by atomic mass is 16.5. The van der Waals surface area contributed by atoms with E-state index in [9.17, 15) is 9.59 Å². The van der Waals surface area contributed by atoms with Gasteiger partial charge in [0.25, 0.3) is 5.56 Å². The standard InChI is InChI=1S/C23H24N2O3/c1-16-12-19(13-23(27)24(16)2)28-20-14-25(15-20)22(26)11-10-18-8-5-7-17-6-3-4-9-21(17)18/h3-9,12-13,20H,10-11,14-15H2,1-2H3. The van der Waals surface area contributed by atoms with Gasteiger partial charge in [0.1, 0.15) is 11.9 Å². The minimum Gasteiger partial charge on any atom is -0.486 e. The summed E-state index contributed by atoms with van der Waals surface area (Å²) in [5, 5.41) is 2.41. The number of carbonyl (C=O) groups excluding carboxylic acids is 1. The van der Waals surface area contributed by atoms with Crippen molar-refractivity contribution in [2.24, 2.45) is 7.05 Å². The number of likely N-dealkylation sites (tertiary alicyclic amines) is 1. The smallest absolute Gasteiger partial charge is 0.254 e. The van der Waals surface area contributed by atoms with Crippen LogP contribution in [0.5, 0.6) is 5.75 Å². The van der Waals surface area contributed by atoms with Crippen molar-refractivity contribution < 1.29 is 9.53 Å². The van der Waals surface area contributed by atoms with Crippen LogP contribution < -0.4 is 10.3 Å². The Morgan fingerprint density at radius 3 is 2.64 bits per heavy atom. The molecule has 0 bridgehead atoms. The van der Waals surface area contributed by atoms with Gasteiger partial charge in [-0.25, -0.2) is 0 Å². The highest BCUT2D eigenvalue weighted by Gasteiger charge is 2.32. The fourth-order valence-corrected chi connectivity index (χ4v) is 3.62. The minimum atomic E-state index is -0.0858. The molecule has 0 N–H and O–H groups in total. The number of benzene rings is 2. The Morgan fingerprint density at radius 1 is 1.11 bits per heavy atom. The lowest BCUT2D eigenvalue weighted by molar-refractivity contribution is -0.139. The lowest BCUT2D eigenvalue weighted by Gasteiger charge is -2.39. The van der Waals surface area contributed by atoms with Gasteiger partial charge in [0.05, 0.1) is 13.1 Å². The molecular formula is C23H24N2O3. The van der Waals surface area contributed by atoms with E-state index in [1.807, 2.05) is 36.1 Å². The Kier molecular flexibility index (Phi) is 4.90. The molecule has 2 aromatic carbocycles. The van der Waals surface area contributed by atoms with Gasteiger partial charge in [0.2, 0.25) is 5.91 Å². The number of carbonyl (C=O) groups is 1. The third-order valence-electron chi connectivity index (χ3n) is 5.47. The second-order valence-electron chi connectivity index (χ2n) is 7.41. The van der Waals surface area contributed by atoms with E-state index in [0.29, 0.717) is 25.3 Å². The molecule has 1 fully saturated rings. The first-order valence-electron chi connectivity index (χ1n) is 9.60.